The van der Waals surface area contributed by atoms with Crippen molar-refractivity contribution in [3.05, 3.63) is 63.9 Å². The molecule has 3 rings (SSSR count). The van der Waals surface area contributed by atoms with Gasteiger partial charge in [-0.1, -0.05) is 23.2 Å². The van der Waals surface area contributed by atoms with Gasteiger partial charge in [-0.25, -0.2) is 4.98 Å². The van der Waals surface area contributed by atoms with Crippen molar-refractivity contribution in [3.8, 4) is 11.3 Å². The molecule has 7 heteroatoms. The van der Waals surface area contributed by atoms with Gasteiger partial charge in [0.05, 0.1) is 17.0 Å². The minimum absolute atomic E-state index is 0.287. The zero-order chi connectivity index (χ0) is 16.2. The molecule has 1 amide bonds. The molecule has 2 heterocycles. The number of halogens is 2. The minimum Gasteiger partial charge on any atom is -0.465 e. The number of nitrogens with zero attached hydrogens (tertiary/aromatic N) is 1. The van der Waals surface area contributed by atoms with Crippen LogP contribution >= 0.6 is 34.5 Å². The van der Waals surface area contributed by atoms with Crippen molar-refractivity contribution in [3.63, 3.8) is 0 Å². The van der Waals surface area contributed by atoms with Crippen molar-refractivity contribution in [1.29, 1.82) is 0 Å². The normalized spacial score (nSPS) is 11.0. The summed E-state index contributed by atoms with van der Waals surface area (Å²) < 4.78 is 5.11. The van der Waals surface area contributed by atoms with Crippen LogP contribution in [0.3, 0.4) is 0 Å². The Labute approximate surface area is 146 Å². The molecule has 0 atom stereocenters. The maximum atomic E-state index is 11.8. The lowest BCUT2D eigenvalue weighted by molar-refractivity contribution is -0.111. The zero-order valence-electron chi connectivity index (χ0n) is 11.6. The largest absolute Gasteiger partial charge is 0.465 e. The summed E-state index contributed by atoms with van der Waals surface area (Å²) in [6.45, 7) is 0. The molecule has 3 aromatic rings. The van der Waals surface area contributed by atoms with E-state index < -0.39 is 0 Å². The molecule has 0 unspecified atom stereocenters. The number of hydrogen-bond donors (Lipinski definition) is 1. The summed E-state index contributed by atoms with van der Waals surface area (Å²) in [5.74, 6) is 0.317. The Morgan fingerprint density at radius 3 is 2.91 bits per heavy atom. The highest BCUT2D eigenvalue weighted by molar-refractivity contribution is 7.14. The lowest BCUT2D eigenvalue weighted by Crippen LogP contribution is -2.07. The fraction of sp³-hybridized carbons (Fsp3) is 0. The maximum absolute atomic E-state index is 11.8. The lowest BCUT2D eigenvalue weighted by atomic mass is 10.2. The molecule has 0 radical (unpaired) electrons. The molecule has 1 N–H and O–H groups in total. The Balaban J connectivity index is 1.71. The maximum Gasteiger partial charge on any atom is 0.250 e. The summed E-state index contributed by atoms with van der Waals surface area (Å²) in [6, 6.07) is 8.70. The number of furan rings is 1. The van der Waals surface area contributed by atoms with Crippen LogP contribution in [0.15, 0.2) is 52.5 Å². The molecule has 0 fully saturated rings. The second-order valence-electron chi connectivity index (χ2n) is 4.50. The highest BCUT2D eigenvalue weighted by Gasteiger charge is 2.10. The molecule has 0 aliphatic carbocycles. The number of benzene rings is 1. The highest BCUT2D eigenvalue weighted by Crippen LogP contribution is 2.32. The van der Waals surface area contributed by atoms with Crippen LogP contribution < -0.4 is 5.32 Å². The Morgan fingerprint density at radius 2 is 2.17 bits per heavy atom. The SMILES string of the molecule is O=C(C=Cc1ccco1)Nc1nc(-c2ccc(Cl)cc2Cl)cs1. The van der Waals surface area contributed by atoms with Gasteiger partial charge in [0.25, 0.3) is 0 Å². The van der Waals surface area contributed by atoms with Crippen LogP contribution in [0, 0.1) is 0 Å². The number of aromatic nitrogens is 1. The first-order valence-corrected chi connectivity index (χ1v) is 8.19. The molecule has 0 aliphatic rings. The monoisotopic (exact) mass is 364 g/mol. The van der Waals surface area contributed by atoms with Crippen LogP contribution in [-0.2, 0) is 4.79 Å². The second-order valence-corrected chi connectivity index (χ2v) is 6.20. The number of thiazole rings is 1. The van der Waals surface area contributed by atoms with Crippen LogP contribution in [0.1, 0.15) is 5.76 Å². The third-order valence-corrected chi connectivity index (χ3v) is 4.19. The van der Waals surface area contributed by atoms with E-state index in [1.165, 1.54) is 17.4 Å². The first-order valence-electron chi connectivity index (χ1n) is 6.55. The van der Waals surface area contributed by atoms with Gasteiger partial charge < -0.3 is 4.42 Å². The number of hydrogen-bond acceptors (Lipinski definition) is 4. The van der Waals surface area contributed by atoms with Crippen LogP contribution in [0.25, 0.3) is 17.3 Å². The van der Waals surface area contributed by atoms with E-state index in [0.29, 0.717) is 26.6 Å². The number of nitrogens with one attached hydrogen (secondary N) is 1. The van der Waals surface area contributed by atoms with E-state index in [1.54, 1.807) is 42.7 Å². The summed E-state index contributed by atoms with van der Waals surface area (Å²) in [4.78, 5) is 16.2. The molecular formula is C16H10Cl2N2O2S. The van der Waals surface area contributed by atoms with E-state index in [0.717, 1.165) is 5.56 Å². The average Bonchev–Trinajstić information content (AvgIpc) is 3.17. The summed E-state index contributed by atoms with van der Waals surface area (Å²) in [5, 5.41) is 6.08. The smallest absolute Gasteiger partial charge is 0.250 e. The molecule has 1 aromatic carbocycles. The van der Waals surface area contributed by atoms with Gasteiger partial charge in [-0.15, -0.1) is 11.3 Å². The molecular weight excluding hydrogens is 355 g/mol. The third-order valence-electron chi connectivity index (χ3n) is 2.88. The quantitative estimate of drug-likeness (QED) is 0.633. The predicted octanol–water partition coefficient (Wildman–Crippen LogP) is 5.36. The summed E-state index contributed by atoms with van der Waals surface area (Å²) in [7, 11) is 0. The zero-order valence-corrected chi connectivity index (χ0v) is 14.0. The molecule has 0 saturated heterocycles. The Kier molecular flexibility index (Phi) is 4.81. The van der Waals surface area contributed by atoms with Gasteiger partial charge >= 0.3 is 0 Å². The fourth-order valence-electron chi connectivity index (χ4n) is 1.84. The Bertz CT molecular complexity index is 857. The van der Waals surface area contributed by atoms with E-state index in [2.05, 4.69) is 10.3 Å². The number of rotatable bonds is 4. The van der Waals surface area contributed by atoms with E-state index in [-0.39, 0.29) is 5.91 Å². The summed E-state index contributed by atoms with van der Waals surface area (Å²) >= 11 is 13.4. The number of carbonyl (C=O) groups excluding carboxylic acids is 1. The van der Waals surface area contributed by atoms with Gasteiger partial charge in [0.2, 0.25) is 5.91 Å². The summed E-state index contributed by atoms with van der Waals surface area (Å²) in [6.07, 6.45) is 4.51. The Morgan fingerprint density at radius 1 is 1.30 bits per heavy atom. The van der Waals surface area contributed by atoms with Crippen LogP contribution in [0.2, 0.25) is 10.0 Å². The molecule has 0 aliphatic heterocycles. The highest BCUT2D eigenvalue weighted by atomic mass is 35.5. The molecule has 116 valence electrons. The van der Waals surface area contributed by atoms with Gasteiger partial charge in [0.1, 0.15) is 5.76 Å². The predicted molar refractivity (Wildman–Crippen MR) is 93.9 cm³/mol. The second kappa shape index (κ2) is 7.00. The van der Waals surface area contributed by atoms with Crippen molar-refractivity contribution < 1.29 is 9.21 Å². The van der Waals surface area contributed by atoms with Crippen molar-refractivity contribution >= 4 is 51.7 Å². The first kappa shape index (κ1) is 15.8. The van der Waals surface area contributed by atoms with E-state index in [1.807, 2.05) is 5.38 Å². The van der Waals surface area contributed by atoms with Crippen molar-refractivity contribution in [2.24, 2.45) is 0 Å². The van der Waals surface area contributed by atoms with E-state index >= 15 is 0 Å². The van der Waals surface area contributed by atoms with Gasteiger partial charge in [0.15, 0.2) is 5.13 Å². The fourth-order valence-corrected chi connectivity index (χ4v) is 3.06. The van der Waals surface area contributed by atoms with Crippen molar-refractivity contribution in [2.75, 3.05) is 5.32 Å². The molecule has 23 heavy (non-hydrogen) atoms. The van der Waals surface area contributed by atoms with Crippen molar-refractivity contribution in [1.82, 2.24) is 4.98 Å². The third kappa shape index (κ3) is 4.01. The molecule has 2 aromatic heterocycles. The van der Waals surface area contributed by atoms with Crippen LogP contribution in [0.5, 0.6) is 0 Å². The van der Waals surface area contributed by atoms with Gasteiger partial charge in [-0.3, -0.25) is 10.1 Å². The van der Waals surface area contributed by atoms with Gasteiger partial charge in [-0.2, -0.15) is 0 Å². The first-order chi connectivity index (χ1) is 11.1. The molecule has 0 spiro atoms. The average molecular weight is 365 g/mol. The van der Waals surface area contributed by atoms with Gasteiger partial charge in [0, 0.05) is 22.0 Å². The number of carbonyl (C=O) groups is 1. The van der Waals surface area contributed by atoms with Crippen molar-refractivity contribution in [2.45, 2.75) is 0 Å². The lowest BCUT2D eigenvalue weighted by Gasteiger charge is -2.01. The summed E-state index contributed by atoms with van der Waals surface area (Å²) in [5.41, 5.74) is 1.45. The molecule has 4 nitrogen and oxygen atoms in total. The topological polar surface area (TPSA) is 55.1 Å². The standard InChI is InChI=1S/C16H10Cl2N2O2S/c17-10-3-5-12(13(18)8-10)14-9-23-16(19-14)20-15(21)6-4-11-2-1-7-22-11/h1-9H,(H,19,20,21). The van der Waals surface area contributed by atoms with Gasteiger partial charge in [-0.05, 0) is 36.4 Å². The molecule has 0 saturated carbocycles. The van der Waals surface area contributed by atoms with Crippen LogP contribution in [-0.4, -0.2) is 10.9 Å². The van der Waals surface area contributed by atoms with E-state index in [4.69, 9.17) is 27.6 Å². The number of anilines is 1. The minimum atomic E-state index is -0.287. The number of amides is 1. The molecule has 0 bridgehead atoms. The van der Waals surface area contributed by atoms with E-state index in [9.17, 15) is 4.79 Å². The Hall–Kier alpha value is -2.08. The van der Waals surface area contributed by atoms with Crippen LogP contribution in [0.4, 0.5) is 5.13 Å².